The normalized spacial score (nSPS) is 15.0. The van der Waals surface area contributed by atoms with Crippen LogP contribution in [0.5, 0.6) is 0 Å². The van der Waals surface area contributed by atoms with Crippen molar-refractivity contribution in [1.82, 2.24) is 30.0 Å². The SMILES string of the molecule is CNCCn1cc(CN2CCN(c3nccnc3-c3ccc(F)cc3)CC2)cn1. The molecule has 0 unspecified atom stereocenters. The Hall–Kier alpha value is -2.84. The molecule has 0 radical (unpaired) electrons. The van der Waals surface area contributed by atoms with Gasteiger partial charge in [-0.3, -0.25) is 14.6 Å². The molecule has 8 heteroatoms. The highest BCUT2D eigenvalue weighted by Crippen LogP contribution is 2.27. The van der Waals surface area contributed by atoms with E-state index in [0.29, 0.717) is 0 Å². The van der Waals surface area contributed by atoms with E-state index < -0.39 is 0 Å². The van der Waals surface area contributed by atoms with Gasteiger partial charge in [-0.05, 0) is 31.3 Å². The molecule has 0 saturated carbocycles. The van der Waals surface area contributed by atoms with E-state index in [1.807, 2.05) is 17.9 Å². The molecule has 1 fully saturated rings. The summed E-state index contributed by atoms with van der Waals surface area (Å²) in [6.45, 7) is 6.33. The monoisotopic (exact) mass is 395 g/mol. The number of nitrogens with zero attached hydrogens (tertiary/aromatic N) is 6. The second-order valence-electron chi connectivity index (χ2n) is 7.21. The summed E-state index contributed by atoms with van der Waals surface area (Å²) in [5.41, 5.74) is 2.92. The Morgan fingerprint density at radius 2 is 1.79 bits per heavy atom. The number of anilines is 1. The molecule has 3 aromatic rings. The highest BCUT2D eigenvalue weighted by molar-refractivity contribution is 5.72. The van der Waals surface area contributed by atoms with Gasteiger partial charge in [0.05, 0.1) is 12.7 Å². The zero-order valence-electron chi connectivity index (χ0n) is 16.6. The van der Waals surface area contributed by atoms with Gasteiger partial charge in [0.25, 0.3) is 0 Å². The summed E-state index contributed by atoms with van der Waals surface area (Å²) in [5.74, 6) is 0.612. The van der Waals surface area contributed by atoms with Crippen LogP contribution in [0.1, 0.15) is 5.56 Å². The number of halogens is 1. The first kappa shape index (κ1) is 19.5. The van der Waals surface area contributed by atoms with Gasteiger partial charge in [0.15, 0.2) is 5.82 Å². The average Bonchev–Trinajstić information content (AvgIpc) is 3.21. The maximum absolute atomic E-state index is 13.3. The van der Waals surface area contributed by atoms with Gasteiger partial charge in [-0.2, -0.15) is 5.10 Å². The summed E-state index contributed by atoms with van der Waals surface area (Å²) in [6, 6.07) is 6.43. The molecule has 0 spiro atoms. The maximum atomic E-state index is 13.3. The summed E-state index contributed by atoms with van der Waals surface area (Å²) in [5, 5.41) is 7.57. The van der Waals surface area contributed by atoms with Crippen molar-refractivity contribution < 1.29 is 4.39 Å². The molecule has 1 aliphatic heterocycles. The molecule has 29 heavy (non-hydrogen) atoms. The summed E-state index contributed by atoms with van der Waals surface area (Å²) < 4.78 is 15.3. The molecular weight excluding hydrogens is 369 g/mol. The van der Waals surface area contributed by atoms with Crippen LogP contribution < -0.4 is 10.2 Å². The van der Waals surface area contributed by atoms with E-state index >= 15 is 0 Å². The molecule has 1 saturated heterocycles. The standard InChI is InChI=1S/C21H26FN7/c1-23-8-9-29-16-17(14-26-29)15-27-10-12-28(13-11-27)21-20(24-6-7-25-21)18-2-4-19(22)5-3-18/h2-7,14,16,23H,8-13,15H2,1H3. The Balaban J connectivity index is 1.39. The topological polar surface area (TPSA) is 62.1 Å². The van der Waals surface area contributed by atoms with E-state index in [2.05, 4.69) is 36.4 Å². The van der Waals surface area contributed by atoms with Gasteiger partial charge in [0, 0.05) is 69.0 Å². The third-order valence-electron chi connectivity index (χ3n) is 5.15. The zero-order chi connectivity index (χ0) is 20.1. The summed E-state index contributed by atoms with van der Waals surface area (Å²) in [7, 11) is 1.95. The zero-order valence-corrected chi connectivity index (χ0v) is 16.6. The van der Waals surface area contributed by atoms with Crippen molar-refractivity contribution in [2.45, 2.75) is 13.1 Å². The molecule has 2 aromatic heterocycles. The van der Waals surface area contributed by atoms with Crippen LogP contribution in [-0.2, 0) is 13.1 Å². The van der Waals surface area contributed by atoms with Crippen molar-refractivity contribution in [3.05, 3.63) is 60.4 Å². The number of likely N-dealkylation sites (N-methyl/N-ethyl adjacent to an activating group) is 1. The third kappa shape index (κ3) is 4.78. The first-order valence-electron chi connectivity index (χ1n) is 9.93. The fourth-order valence-electron chi connectivity index (χ4n) is 3.59. The van der Waals surface area contributed by atoms with Crippen LogP contribution in [0.2, 0.25) is 0 Å². The van der Waals surface area contributed by atoms with Crippen molar-refractivity contribution in [1.29, 1.82) is 0 Å². The summed E-state index contributed by atoms with van der Waals surface area (Å²) in [4.78, 5) is 13.8. The Morgan fingerprint density at radius 1 is 1.03 bits per heavy atom. The smallest absolute Gasteiger partial charge is 0.155 e. The van der Waals surface area contributed by atoms with E-state index in [-0.39, 0.29) is 5.82 Å². The van der Waals surface area contributed by atoms with Gasteiger partial charge in [0.2, 0.25) is 0 Å². The molecule has 0 atom stereocenters. The first-order chi connectivity index (χ1) is 14.2. The lowest BCUT2D eigenvalue weighted by Gasteiger charge is -2.35. The van der Waals surface area contributed by atoms with E-state index in [9.17, 15) is 4.39 Å². The number of benzene rings is 1. The minimum Gasteiger partial charge on any atom is -0.352 e. The lowest BCUT2D eigenvalue weighted by atomic mass is 10.1. The second-order valence-corrected chi connectivity index (χ2v) is 7.21. The summed E-state index contributed by atoms with van der Waals surface area (Å²) >= 11 is 0. The molecule has 1 aromatic carbocycles. The molecule has 4 rings (SSSR count). The highest BCUT2D eigenvalue weighted by Gasteiger charge is 2.21. The van der Waals surface area contributed by atoms with Crippen LogP contribution in [-0.4, -0.2) is 64.4 Å². The van der Waals surface area contributed by atoms with Crippen molar-refractivity contribution in [2.75, 3.05) is 44.7 Å². The van der Waals surface area contributed by atoms with E-state index in [4.69, 9.17) is 0 Å². The average molecular weight is 395 g/mol. The van der Waals surface area contributed by atoms with Crippen LogP contribution in [0.3, 0.4) is 0 Å². The molecular formula is C21H26FN7. The number of hydrogen-bond donors (Lipinski definition) is 1. The molecule has 1 N–H and O–H groups in total. The fraction of sp³-hybridized carbons (Fsp3) is 0.381. The predicted molar refractivity (Wildman–Crippen MR) is 111 cm³/mol. The Morgan fingerprint density at radius 3 is 2.55 bits per heavy atom. The minimum absolute atomic E-state index is 0.248. The molecule has 3 heterocycles. The van der Waals surface area contributed by atoms with Gasteiger partial charge in [-0.15, -0.1) is 0 Å². The number of nitrogens with one attached hydrogen (secondary N) is 1. The quantitative estimate of drug-likeness (QED) is 0.661. The van der Waals surface area contributed by atoms with Crippen LogP contribution >= 0.6 is 0 Å². The van der Waals surface area contributed by atoms with Crippen LogP contribution in [0.15, 0.2) is 49.1 Å². The third-order valence-corrected chi connectivity index (χ3v) is 5.15. The molecule has 0 bridgehead atoms. The van der Waals surface area contributed by atoms with Crippen molar-refractivity contribution in [2.24, 2.45) is 0 Å². The highest BCUT2D eigenvalue weighted by atomic mass is 19.1. The molecule has 7 nitrogen and oxygen atoms in total. The molecule has 0 amide bonds. The Kier molecular flexibility index (Phi) is 6.12. The molecule has 1 aliphatic rings. The molecule has 0 aliphatic carbocycles. The van der Waals surface area contributed by atoms with Crippen molar-refractivity contribution >= 4 is 5.82 Å². The van der Waals surface area contributed by atoms with E-state index in [0.717, 1.165) is 62.9 Å². The van der Waals surface area contributed by atoms with Gasteiger partial charge in [-0.1, -0.05) is 0 Å². The van der Waals surface area contributed by atoms with E-state index in [1.165, 1.54) is 17.7 Å². The first-order valence-corrected chi connectivity index (χ1v) is 9.93. The van der Waals surface area contributed by atoms with E-state index in [1.54, 1.807) is 24.5 Å². The lowest BCUT2D eigenvalue weighted by Crippen LogP contribution is -2.46. The Bertz CT molecular complexity index is 917. The fourth-order valence-corrected chi connectivity index (χ4v) is 3.59. The summed E-state index contributed by atoms with van der Waals surface area (Å²) in [6.07, 6.45) is 7.48. The number of aromatic nitrogens is 4. The second kappa shape index (κ2) is 9.11. The van der Waals surface area contributed by atoms with Crippen LogP contribution in [0, 0.1) is 5.82 Å². The number of hydrogen-bond acceptors (Lipinski definition) is 6. The largest absolute Gasteiger partial charge is 0.352 e. The van der Waals surface area contributed by atoms with Gasteiger partial charge in [0.1, 0.15) is 11.5 Å². The minimum atomic E-state index is -0.248. The van der Waals surface area contributed by atoms with Crippen LogP contribution in [0.25, 0.3) is 11.3 Å². The van der Waals surface area contributed by atoms with Gasteiger partial charge >= 0.3 is 0 Å². The van der Waals surface area contributed by atoms with Crippen molar-refractivity contribution in [3.8, 4) is 11.3 Å². The predicted octanol–water partition coefficient (Wildman–Crippen LogP) is 2.02. The van der Waals surface area contributed by atoms with Crippen LogP contribution in [0.4, 0.5) is 10.2 Å². The lowest BCUT2D eigenvalue weighted by molar-refractivity contribution is 0.249. The maximum Gasteiger partial charge on any atom is 0.155 e. The van der Waals surface area contributed by atoms with Gasteiger partial charge in [-0.25, -0.2) is 9.37 Å². The number of piperazine rings is 1. The van der Waals surface area contributed by atoms with Gasteiger partial charge < -0.3 is 10.2 Å². The van der Waals surface area contributed by atoms with Crippen molar-refractivity contribution in [3.63, 3.8) is 0 Å². The Labute approximate surface area is 170 Å². The number of rotatable bonds is 7. The molecule has 152 valence electrons.